The van der Waals surface area contributed by atoms with Crippen LogP contribution >= 0.6 is 0 Å². The molecule has 1 amide bonds. The minimum Gasteiger partial charge on any atom is -0.391 e. The first-order valence-corrected chi connectivity index (χ1v) is 6.74. The quantitative estimate of drug-likeness (QED) is 0.773. The molecule has 0 aliphatic heterocycles. The molecule has 0 saturated carbocycles. The Labute approximate surface area is 115 Å². The maximum absolute atomic E-state index is 11.7. The van der Waals surface area contributed by atoms with Crippen LogP contribution in [0.15, 0.2) is 36.4 Å². The molecule has 0 heterocycles. The Morgan fingerprint density at radius 2 is 2.00 bits per heavy atom. The van der Waals surface area contributed by atoms with Gasteiger partial charge in [-0.25, -0.2) is 0 Å². The Bertz CT molecular complexity index is 426. The van der Waals surface area contributed by atoms with Crippen LogP contribution in [-0.2, 0) is 4.79 Å². The summed E-state index contributed by atoms with van der Waals surface area (Å²) in [4.78, 5) is 11.7. The second-order valence-electron chi connectivity index (χ2n) is 4.89. The number of carbonyl (C=O) groups excluding carboxylic acids is 1. The number of aliphatic hydroxyl groups excluding tert-OH is 1. The van der Waals surface area contributed by atoms with E-state index in [1.54, 1.807) is 6.08 Å². The average Bonchev–Trinajstić information content (AvgIpc) is 2.44. The molecule has 1 aromatic rings. The Hall–Kier alpha value is -1.61. The molecule has 0 saturated heterocycles. The molecule has 0 fully saturated rings. The van der Waals surface area contributed by atoms with Crippen molar-refractivity contribution in [3.05, 3.63) is 42.0 Å². The lowest BCUT2D eigenvalue weighted by Crippen LogP contribution is -2.34. The number of hydrogen-bond donors (Lipinski definition) is 2. The van der Waals surface area contributed by atoms with E-state index in [9.17, 15) is 9.90 Å². The molecule has 1 rings (SSSR count). The van der Waals surface area contributed by atoms with Crippen LogP contribution in [-0.4, -0.2) is 23.7 Å². The molecule has 2 atom stereocenters. The van der Waals surface area contributed by atoms with Gasteiger partial charge in [0.15, 0.2) is 0 Å². The Morgan fingerprint density at radius 1 is 1.37 bits per heavy atom. The summed E-state index contributed by atoms with van der Waals surface area (Å²) >= 11 is 0. The van der Waals surface area contributed by atoms with Crippen molar-refractivity contribution in [3.8, 4) is 0 Å². The fraction of sp³-hybridized carbons (Fsp3) is 0.438. The molecular formula is C16H23NO2. The maximum Gasteiger partial charge on any atom is 0.244 e. The first-order valence-electron chi connectivity index (χ1n) is 6.74. The van der Waals surface area contributed by atoms with Crippen LogP contribution in [0.25, 0.3) is 5.57 Å². The normalized spacial score (nSPS) is 14.8. The van der Waals surface area contributed by atoms with Crippen molar-refractivity contribution < 1.29 is 9.90 Å². The van der Waals surface area contributed by atoms with Gasteiger partial charge in [-0.2, -0.15) is 0 Å². The maximum atomic E-state index is 11.7. The predicted molar refractivity (Wildman–Crippen MR) is 78.6 cm³/mol. The number of nitrogens with one attached hydrogen (secondary N) is 1. The zero-order chi connectivity index (χ0) is 14.3. The largest absolute Gasteiger partial charge is 0.391 e. The van der Waals surface area contributed by atoms with Crippen molar-refractivity contribution >= 4 is 11.5 Å². The molecule has 1 aromatic carbocycles. The van der Waals surface area contributed by atoms with Gasteiger partial charge in [-0.3, -0.25) is 4.79 Å². The van der Waals surface area contributed by atoms with Crippen molar-refractivity contribution in [3.63, 3.8) is 0 Å². The molecular weight excluding hydrogens is 238 g/mol. The van der Waals surface area contributed by atoms with E-state index < -0.39 is 6.10 Å². The first kappa shape index (κ1) is 15.4. The molecule has 0 radical (unpaired) electrons. The smallest absolute Gasteiger partial charge is 0.244 e. The third-order valence-electron chi connectivity index (χ3n) is 3.36. The van der Waals surface area contributed by atoms with Gasteiger partial charge in [0.25, 0.3) is 0 Å². The van der Waals surface area contributed by atoms with Gasteiger partial charge < -0.3 is 10.4 Å². The van der Waals surface area contributed by atoms with Crippen LogP contribution < -0.4 is 5.32 Å². The molecule has 0 aliphatic rings. The predicted octanol–water partition coefficient (Wildman–Crippen LogP) is 2.61. The lowest BCUT2D eigenvalue weighted by atomic mass is 10.0. The number of benzene rings is 1. The summed E-state index contributed by atoms with van der Waals surface area (Å²) in [6, 6.07) is 9.76. The lowest BCUT2D eigenvalue weighted by molar-refractivity contribution is -0.117. The summed E-state index contributed by atoms with van der Waals surface area (Å²) in [5.74, 6) is 0.0307. The zero-order valence-electron chi connectivity index (χ0n) is 11.9. The highest BCUT2D eigenvalue weighted by Crippen LogP contribution is 2.12. The summed E-state index contributed by atoms with van der Waals surface area (Å²) in [5, 5.41) is 12.5. The molecule has 3 nitrogen and oxygen atoms in total. The van der Waals surface area contributed by atoms with Crippen LogP contribution in [0.2, 0.25) is 0 Å². The van der Waals surface area contributed by atoms with Crippen molar-refractivity contribution in [1.29, 1.82) is 0 Å². The monoisotopic (exact) mass is 261 g/mol. The Morgan fingerprint density at radius 3 is 2.58 bits per heavy atom. The summed E-state index contributed by atoms with van der Waals surface area (Å²) in [6.07, 6.45) is 1.98. The molecule has 2 N–H and O–H groups in total. The van der Waals surface area contributed by atoms with Crippen LogP contribution in [0.5, 0.6) is 0 Å². The van der Waals surface area contributed by atoms with Gasteiger partial charge in [0.1, 0.15) is 0 Å². The fourth-order valence-electron chi connectivity index (χ4n) is 1.71. The fourth-order valence-corrected chi connectivity index (χ4v) is 1.71. The van der Waals surface area contributed by atoms with E-state index in [1.807, 2.05) is 51.1 Å². The third kappa shape index (κ3) is 5.26. The number of amides is 1. The highest BCUT2D eigenvalue weighted by atomic mass is 16.3. The van der Waals surface area contributed by atoms with E-state index in [2.05, 4.69) is 5.32 Å². The van der Waals surface area contributed by atoms with Crippen molar-refractivity contribution in [1.82, 2.24) is 5.32 Å². The van der Waals surface area contributed by atoms with Gasteiger partial charge in [-0.15, -0.1) is 0 Å². The van der Waals surface area contributed by atoms with E-state index >= 15 is 0 Å². The molecule has 104 valence electrons. The highest BCUT2D eigenvalue weighted by molar-refractivity contribution is 5.94. The highest BCUT2D eigenvalue weighted by Gasteiger charge is 2.12. The van der Waals surface area contributed by atoms with Crippen LogP contribution in [0.4, 0.5) is 0 Å². The molecule has 0 aliphatic carbocycles. The van der Waals surface area contributed by atoms with Crippen LogP contribution in [0.3, 0.4) is 0 Å². The average molecular weight is 261 g/mol. The molecule has 0 spiro atoms. The second kappa shape index (κ2) is 7.74. The summed E-state index contributed by atoms with van der Waals surface area (Å²) in [5.41, 5.74) is 1.94. The van der Waals surface area contributed by atoms with Gasteiger partial charge in [0, 0.05) is 12.6 Å². The van der Waals surface area contributed by atoms with E-state index in [-0.39, 0.29) is 11.8 Å². The lowest BCUT2D eigenvalue weighted by Gasteiger charge is -2.17. The number of rotatable bonds is 6. The molecule has 3 heteroatoms. The van der Waals surface area contributed by atoms with E-state index in [0.717, 1.165) is 17.6 Å². The number of aliphatic hydroxyl groups is 1. The summed E-state index contributed by atoms with van der Waals surface area (Å²) < 4.78 is 0. The van der Waals surface area contributed by atoms with Gasteiger partial charge in [0.2, 0.25) is 5.91 Å². The first-order chi connectivity index (χ1) is 9.04. The van der Waals surface area contributed by atoms with Gasteiger partial charge >= 0.3 is 0 Å². The minimum absolute atomic E-state index is 0.163. The molecule has 2 unspecified atom stereocenters. The van der Waals surface area contributed by atoms with Gasteiger partial charge in [-0.05, 0) is 24.0 Å². The van der Waals surface area contributed by atoms with Crippen molar-refractivity contribution in [2.75, 3.05) is 6.54 Å². The molecule has 19 heavy (non-hydrogen) atoms. The summed E-state index contributed by atoms with van der Waals surface area (Å²) in [6.45, 7) is 6.20. The van der Waals surface area contributed by atoms with E-state index in [0.29, 0.717) is 6.54 Å². The molecule has 0 bridgehead atoms. The Balaban J connectivity index is 2.51. The van der Waals surface area contributed by atoms with Crippen molar-refractivity contribution in [2.45, 2.75) is 33.3 Å². The van der Waals surface area contributed by atoms with E-state index in [4.69, 9.17) is 0 Å². The minimum atomic E-state index is -0.487. The standard InChI is InChI=1S/C16H23NO2/c1-4-12(2)15(18)11-17-16(19)10-13(3)14-8-6-5-7-9-14/h5-10,12,15,18H,4,11H2,1-3H3,(H,17,19)/b13-10-. The Kier molecular flexibility index (Phi) is 6.30. The topological polar surface area (TPSA) is 49.3 Å². The summed E-state index contributed by atoms with van der Waals surface area (Å²) in [7, 11) is 0. The SMILES string of the molecule is CCC(C)C(O)CNC(=O)/C=C(/C)c1ccccc1. The molecule has 0 aromatic heterocycles. The van der Waals surface area contributed by atoms with Gasteiger partial charge in [-0.1, -0.05) is 50.6 Å². The third-order valence-corrected chi connectivity index (χ3v) is 3.36. The zero-order valence-corrected chi connectivity index (χ0v) is 11.9. The van der Waals surface area contributed by atoms with Crippen molar-refractivity contribution in [2.24, 2.45) is 5.92 Å². The van der Waals surface area contributed by atoms with Crippen LogP contribution in [0.1, 0.15) is 32.8 Å². The van der Waals surface area contributed by atoms with Crippen LogP contribution in [0, 0.1) is 5.92 Å². The van der Waals surface area contributed by atoms with Gasteiger partial charge in [0.05, 0.1) is 6.10 Å². The number of carbonyl (C=O) groups is 1. The number of hydrogen-bond acceptors (Lipinski definition) is 2. The number of allylic oxidation sites excluding steroid dienone is 1. The second-order valence-corrected chi connectivity index (χ2v) is 4.89. The van der Waals surface area contributed by atoms with E-state index in [1.165, 1.54) is 0 Å².